The van der Waals surface area contributed by atoms with Gasteiger partial charge in [0.15, 0.2) is 0 Å². The van der Waals surface area contributed by atoms with Gasteiger partial charge >= 0.3 is 0 Å². The predicted octanol–water partition coefficient (Wildman–Crippen LogP) is 2.47. The quantitative estimate of drug-likeness (QED) is 0.714. The molecule has 1 saturated heterocycles. The van der Waals surface area contributed by atoms with Gasteiger partial charge in [0, 0.05) is 25.0 Å². The lowest BCUT2D eigenvalue weighted by atomic mass is 10.3. The van der Waals surface area contributed by atoms with Crippen molar-refractivity contribution in [1.29, 1.82) is 0 Å². The first-order chi connectivity index (χ1) is 8.90. The van der Waals surface area contributed by atoms with Gasteiger partial charge in [-0.15, -0.1) is 0 Å². The maximum absolute atomic E-state index is 3.56. The van der Waals surface area contributed by atoms with Crippen molar-refractivity contribution in [1.82, 2.24) is 14.8 Å². The molecule has 0 amide bonds. The van der Waals surface area contributed by atoms with E-state index in [1.54, 1.807) is 0 Å². The minimum Gasteiger partial charge on any atom is -0.350 e. The summed E-state index contributed by atoms with van der Waals surface area (Å²) in [5, 5.41) is 3.56. The molecule has 0 aliphatic carbocycles. The average Bonchev–Trinajstić information content (AvgIpc) is 3.01. The summed E-state index contributed by atoms with van der Waals surface area (Å²) in [5.41, 5.74) is 1.41. The summed E-state index contributed by atoms with van der Waals surface area (Å²) >= 11 is 0. The summed E-state index contributed by atoms with van der Waals surface area (Å²) in [7, 11) is 0. The molecule has 2 heterocycles. The molecule has 1 N–H and O–H groups in total. The number of hydrogen-bond acceptors (Lipinski definition) is 2. The second-order valence-corrected chi connectivity index (χ2v) is 5.27. The second kappa shape index (κ2) is 7.59. The summed E-state index contributed by atoms with van der Waals surface area (Å²) in [4.78, 5) is 2.58. The monoisotopic (exact) mass is 249 g/mol. The van der Waals surface area contributed by atoms with E-state index in [9.17, 15) is 0 Å². The van der Waals surface area contributed by atoms with Crippen LogP contribution >= 0.6 is 0 Å². The zero-order chi connectivity index (χ0) is 12.6. The van der Waals surface area contributed by atoms with Crippen LogP contribution in [0.15, 0.2) is 18.3 Å². The van der Waals surface area contributed by atoms with E-state index in [-0.39, 0.29) is 0 Å². The van der Waals surface area contributed by atoms with Crippen molar-refractivity contribution in [2.75, 3.05) is 26.2 Å². The standard InChI is InChI=1S/C15H27N3/c1-2-9-18-13-5-7-15(18)14-16-8-6-12-17-10-3-4-11-17/h5,7,13,16H,2-4,6,8-12,14H2,1H3. The van der Waals surface area contributed by atoms with Crippen LogP contribution in [0.25, 0.3) is 0 Å². The first-order valence-corrected chi connectivity index (χ1v) is 7.47. The summed E-state index contributed by atoms with van der Waals surface area (Å²) in [6.45, 7) is 9.41. The third-order valence-electron chi connectivity index (χ3n) is 3.72. The van der Waals surface area contributed by atoms with E-state index in [4.69, 9.17) is 0 Å². The Labute approximate surface area is 111 Å². The lowest BCUT2D eigenvalue weighted by molar-refractivity contribution is 0.330. The molecule has 1 aliphatic heterocycles. The van der Waals surface area contributed by atoms with Crippen LogP contribution in [-0.4, -0.2) is 35.6 Å². The molecule has 1 aromatic heterocycles. The van der Waals surface area contributed by atoms with Crippen LogP contribution in [0.5, 0.6) is 0 Å². The van der Waals surface area contributed by atoms with Gasteiger partial charge in [-0.05, 0) is 64.0 Å². The van der Waals surface area contributed by atoms with Gasteiger partial charge in [0.2, 0.25) is 0 Å². The summed E-state index contributed by atoms with van der Waals surface area (Å²) < 4.78 is 2.35. The number of hydrogen-bond donors (Lipinski definition) is 1. The normalized spacial score (nSPS) is 16.5. The average molecular weight is 249 g/mol. The van der Waals surface area contributed by atoms with Crippen molar-refractivity contribution >= 4 is 0 Å². The minimum atomic E-state index is 1.01. The minimum absolute atomic E-state index is 1.01. The topological polar surface area (TPSA) is 20.2 Å². The SMILES string of the molecule is CCCn1cccc1CNCCCN1CCCC1. The molecule has 1 aliphatic rings. The van der Waals surface area contributed by atoms with E-state index in [1.165, 1.54) is 51.0 Å². The Bertz CT molecular complexity index is 326. The molecule has 2 rings (SSSR count). The van der Waals surface area contributed by atoms with Gasteiger partial charge < -0.3 is 14.8 Å². The Kier molecular flexibility index (Phi) is 5.75. The van der Waals surface area contributed by atoms with Crippen molar-refractivity contribution in [3.63, 3.8) is 0 Å². The molecule has 18 heavy (non-hydrogen) atoms. The van der Waals surface area contributed by atoms with Gasteiger partial charge in [-0.1, -0.05) is 6.92 Å². The number of aryl methyl sites for hydroxylation is 1. The second-order valence-electron chi connectivity index (χ2n) is 5.27. The molecule has 3 nitrogen and oxygen atoms in total. The van der Waals surface area contributed by atoms with Crippen LogP contribution in [0.1, 0.15) is 38.3 Å². The maximum atomic E-state index is 3.56. The Morgan fingerprint density at radius 1 is 1.22 bits per heavy atom. The maximum Gasteiger partial charge on any atom is 0.0359 e. The molecular weight excluding hydrogens is 222 g/mol. The van der Waals surface area contributed by atoms with Crippen molar-refractivity contribution in [2.24, 2.45) is 0 Å². The summed E-state index contributed by atoms with van der Waals surface area (Å²) in [5.74, 6) is 0. The zero-order valence-corrected chi connectivity index (χ0v) is 11.7. The van der Waals surface area contributed by atoms with Gasteiger partial charge in [0.25, 0.3) is 0 Å². The van der Waals surface area contributed by atoms with Gasteiger partial charge in [0.1, 0.15) is 0 Å². The fourth-order valence-electron chi connectivity index (χ4n) is 2.72. The highest BCUT2D eigenvalue weighted by Gasteiger charge is 2.09. The Morgan fingerprint density at radius 2 is 2.06 bits per heavy atom. The van der Waals surface area contributed by atoms with Crippen LogP contribution < -0.4 is 5.32 Å². The zero-order valence-electron chi connectivity index (χ0n) is 11.7. The molecule has 0 aromatic carbocycles. The molecule has 0 unspecified atom stereocenters. The van der Waals surface area contributed by atoms with Crippen LogP contribution in [0.4, 0.5) is 0 Å². The molecule has 0 saturated carbocycles. The van der Waals surface area contributed by atoms with Gasteiger partial charge in [0.05, 0.1) is 0 Å². The van der Waals surface area contributed by atoms with E-state index in [2.05, 4.69) is 40.0 Å². The fourth-order valence-corrected chi connectivity index (χ4v) is 2.72. The van der Waals surface area contributed by atoms with E-state index in [1.807, 2.05) is 0 Å². The Morgan fingerprint density at radius 3 is 2.83 bits per heavy atom. The smallest absolute Gasteiger partial charge is 0.0359 e. The third kappa shape index (κ3) is 4.14. The number of nitrogens with zero attached hydrogens (tertiary/aromatic N) is 2. The number of nitrogens with one attached hydrogen (secondary N) is 1. The first kappa shape index (κ1) is 13.6. The van der Waals surface area contributed by atoms with Gasteiger partial charge in [-0.2, -0.15) is 0 Å². The number of likely N-dealkylation sites (tertiary alicyclic amines) is 1. The van der Waals surface area contributed by atoms with Crippen molar-refractivity contribution in [3.05, 3.63) is 24.0 Å². The van der Waals surface area contributed by atoms with Crippen LogP contribution in [0.3, 0.4) is 0 Å². The highest BCUT2D eigenvalue weighted by molar-refractivity contribution is 5.06. The lowest BCUT2D eigenvalue weighted by Gasteiger charge is -2.14. The highest BCUT2D eigenvalue weighted by atomic mass is 15.1. The third-order valence-corrected chi connectivity index (χ3v) is 3.72. The first-order valence-electron chi connectivity index (χ1n) is 7.47. The molecule has 3 heteroatoms. The van der Waals surface area contributed by atoms with Crippen LogP contribution in [-0.2, 0) is 13.1 Å². The highest BCUT2D eigenvalue weighted by Crippen LogP contribution is 2.07. The largest absolute Gasteiger partial charge is 0.350 e. The molecule has 1 aromatic rings. The van der Waals surface area contributed by atoms with Crippen molar-refractivity contribution < 1.29 is 0 Å². The van der Waals surface area contributed by atoms with Gasteiger partial charge in [-0.25, -0.2) is 0 Å². The summed E-state index contributed by atoms with van der Waals surface area (Å²) in [6, 6.07) is 4.38. The van der Waals surface area contributed by atoms with Gasteiger partial charge in [-0.3, -0.25) is 0 Å². The Hall–Kier alpha value is -0.800. The molecule has 0 radical (unpaired) electrons. The van der Waals surface area contributed by atoms with Crippen molar-refractivity contribution in [3.8, 4) is 0 Å². The molecule has 0 bridgehead atoms. The van der Waals surface area contributed by atoms with Crippen LogP contribution in [0.2, 0.25) is 0 Å². The molecular formula is C15H27N3. The fraction of sp³-hybridized carbons (Fsp3) is 0.733. The van der Waals surface area contributed by atoms with E-state index in [0.717, 1.165) is 19.6 Å². The molecule has 1 fully saturated rings. The van der Waals surface area contributed by atoms with E-state index in [0.29, 0.717) is 0 Å². The number of rotatable bonds is 8. The van der Waals surface area contributed by atoms with E-state index >= 15 is 0 Å². The van der Waals surface area contributed by atoms with Crippen LogP contribution in [0, 0.1) is 0 Å². The lowest BCUT2D eigenvalue weighted by Crippen LogP contribution is -2.25. The predicted molar refractivity (Wildman–Crippen MR) is 76.7 cm³/mol. The molecule has 0 spiro atoms. The molecule has 0 atom stereocenters. The van der Waals surface area contributed by atoms with Crippen molar-refractivity contribution in [2.45, 2.75) is 45.7 Å². The Balaban J connectivity index is 1.58. The number of aromatic nitrogens is 1. The summed E-state index contributed by atoms with van der Waals surface area (Å²) in [6.07, 6.45) is 7.46. The van der Waals surface area contributed by atoms with E-state index < -0.39 is 0 Å². The molecule has 102 valence electrons.